The minimum absolute atomic E-state index is 0.203. The first-order valence-electron chi connectivity index (χ1n) is 10.8. The van der Waals surface area contributed by atoms with Crippen LogP contribution in [-0.2, 0) is 14.8 Å². The zero-order chi connectivity index (χ0) is 26.9. The minimum Gasteiger partial charge on any atom is -0.475 e. The summed E-state index contributed by atoms with van der Waals surface area (Å²) in [6.45, 7) is 5.57. The average Bonchev–Trinajstić information content (AvgIpc) is 2.82. The van der Waals surface area contributed by atoms with Gasteiger partial charge in [-0.25, -0.2) is 17.6 Å². The summed E-state index contributed by atoms with van der Waals surface area (Å²) in [5, 5.41) is 13.2. The fourth-order valence-corrected chi connectivity index (χ4v) is 4.30. The summed E-state index contributed by atoms with van der Waals surface area (Å²) >= 11 is 0. The van der Waals surface area contributed by atoms with E-state index >= 15 is 0 Å². The van der Waals surface area contributed by atoms with Gasteiger partial charge in [-0.2, -0.15) is 13.2 Å². The number of hydrogen-bond donors (Lipinski definition) is 4. The first-order chi connectivity index (χ1) is 16.9. The molecule has 2 aromatic carbocycles. The molecule has 198 valence electrons. The van der Waals surface area contributed by atoms with Crippen molar-refractivity contribution in [3.8, 4) is 0 Å². The Bertz CT molecular complexity index is 1170. The SMILES string of the molecule is CCCNC(=O)c1cc(NS(=O)(=O)c2ccccc2F)ccc1N1CCNCC1.O=C(O)C(F)(F)F. The number of amides is 1. The largest absolute Gasteiger partial charge is 0.490 e. The van der Waals surface area contributed by atoms with Gasteiger partial charge in [-0.1, -0.05) is 19.1 Å². The number of nitrogens with zero attached hydrogens (tertiary/aromatic N) is 1. The van der Waals surface area contributed by atoms with Crippen LogP contribution in [0.2, 0.25) is 0 Å². The van der Waals surface area contributed by atoms with Gasteiger partial charge in [-0.05, 0) is 36.8 Å². The Hall–Kier alpha value is -3.39. The van der Waals surface area contributed by atoms with Crippen LogP contribution in [0.25, 0.3) is 0 Å². The number of rotatable bonds is 7. The molecule has 14 heteroatoms. The van der Waals surface area contributed by atoms with Crippen LogP contribution < -0.4 is 20.3 Å². The number of carbonyl (C=O) groups is 2. The van der Waals surface area contributed by atoms with Crippen molar-refractivity contribution in [1.82, 2.24) is 10.6 Å². The Morgan fingerprint density at radius 1 is 1.11 bits per heavy atom. The molecule has 2 aromatic rings. The third-order valence-electron chi connectivity index (χ3n) is 4.86. The van der Waals surface area contributed by atoms with Gasteiger partial charge in [0.05, 0.1) is 5.56 Å². The summed E-state index contributed by atoms with van der Waals surface area (Å²) < 4.78 is 73.2. The number of aliphatic carboxylic acids is 1. The van der Waals surface area contributed by atoms with E-state index in [0.29, 0.717) is 12.1 Å². The van der Waals surface area contributed by atoms with E-state index in [9.17, 15) is 30.8 Å². The Morgan fingerprint density at radius 3 is 2.28 bits per heavy atom. The number of sulfonamides is 1. The van der Waals surface area contributed by atoms with Crippen molar-refractivity contribution < 1.29 is 40.7 Å². The van der Waals surface area contributed by atoms with E-state index in [1.165, 1.54) is 24.3 Å². The number of anilines is 2. The lowest BCUT2D eigenvalue weighted by atomic mass is 10.1. The van der Waals surface area contributed by atoms with Crippen LogP contribution >= 0.6 is 0 Å². The van der Waals surface area contributed by atoms with Gasteiger partial charge in [0.1, 0.15) is 10.7 Å². The number of benzene rings is 2. The Morgan fingerprint density at radius 2 is 1.72 bits per heavy atom. The molecule has 4 N–H and O–H groups in total. The summed E-state index contributed by atoms with van der Waals surface area (Å²) in [6, 6.07) is 9.98. The fourth-order valence-electron chi connectivity index (χ4n) is 3.17. The third kappa shape index (κ3) is 8.09. The number of carboxylic acid groups (broad SMARTS) is 1. The van der Waals surface area contributed by atoms with Gasteiger partial charge in [-0.3, -0.25) is 9.52 Å². The molecular formula is C22H26F4N4O5S. The van der Waals surface area contributed by atoms with E-state index in [-0.39, 0.29) is 11.6 Å². The summed E-state index contributed by atoms with van der Waals surface area (Å²) in [7, 11) is -4.12. The minimum atomic E-state index is -5.08. The number of carbonyl (C=O) groups excluding carboxylic acids is 1. The van der Waals surface area contributed by atoms with Gasteiger partial charge in [0.2, 0.25) is 0 Å². The number of nitrogens with one attached hydrogen (secondary N) is 3. The highest BCUT2D eigenvalue weighted by atomic mass is 32.2. The molecule has 1 amide bonds. The lowest BCUT2D eigenvalue weighted by molar-refractivity contribution is -0.192. The lowest BCUT2D eigenvalue weighted by Gasteiger charge is -2.31. The van der Waals surface area contributed by atoms with Crippen molar-refractivity contribution in [3.05, 3.63) is 53.8 Å². The maximum atomic E-state index is 13.9. The molecule has 0 aromatic heterocycles. The van der Waals surface area contributed by atoms with E-state index in [2.05, 4.69) is 20.3 Å². The van der Waals surface area contributed by atoms with Crippen molar-refractivity contribution >= 4 is 33.3 Å². The van der Waals surface area contributed by atoms with Gasteiger partial charge in [0.25, 0.3) is 15.9 Å². The molecule has 0 saturated carbocycles. The molecule has 36 heavy (non-hydrogen) atoms. The van der Waals surface area contributed by atoms with Crippen LogP contribution in [0.1, 0.15) is 23.7 Å². The van der Waals surface area contributed by atoms with E-state index in [4.69, 9.17) is 9.90 Å². The summed E-state index contributed by atoms with van der Waals surface area (Å²) in [5.74, 6) is -3.86. The van der Waals surface area contributed by atoms with E-state index < -0.39 is 32.9 Å². The summed E-state index contributed by atoms with van der Waals surface area (Å²) in [6.07, 6.45) is -4.30. The smallest absolute Gasteiger partial charge is 0.475 e. The van der Waals surface area contributed by atoms with Gasteiger partial charge in [-0.15, -0.1) is 0 Å². The van der Waals surface area contributed by atoms with Crippen LogP contribution in [-0.4, -0.2) is 64.3 Å². The second-order valence-electron chi connectivity index (χ2n) is 7.56. The second-order valence-corrected chi connectivity index (χ2v) is 9.21. The quantitative estimate of drug-likeness (QED) is 0.402. The molecule has 0 unspecified atom stereocenters. The topological polar surface area (TPSA) is 128 Å². The van der Waals surface area contributed by atoms with Gasteiger partial charge < -0.3 is 20.6 Å². The van der Waals surface area contributed by atoms with Crippen LogP contribution in [0.3, 0.4) is 0 Å². The molecule has 3 rings (SSSR count). The van der Waals surface area contributed by atoms with Crippen LogP contribution in [0.5, 0.6) is 0 Å². The molecule has 1 heterocycles. The predicted molar refractivity (Wildman–Crippen MR) is 125 cm³/mol. The van der Waals surface area contributed by atoms with Crippen molar-refractivity contribution in [2.24, 2.45) is 0 Å². The van der Waals surface area contributed by atoms with E-state index in [1.807, 2.05) is 6.92 Å². The highest BCUT2D eigenvalue weighted by Gasteiger charge is 2.38. The van der Waals surface area contributed by atoms with Crippen LogP contribution in [0, 0.1) is 5.82 Å². The van der Waals surface area contributed by atoms with Gasteiger partial charge >= 0.3 is 12.1 Å². The fraction of sp³-hybridized carbons (Fsp3) is 0.364. The summed E-state index contributed by atoms with van der Waals surface area (Å²) in [4.78, 5) is 23.3. The number of hydrogen-bond acceptors (Lipinski definition) is 6. The van der Waals surface area contributed by atoms with Crippen molar-refractivity contribution in [2.45, 2.75) is 24.4 Å². The highest BCUT2D eigenvalue weighted by Crippen LogP contribution is 2.27. The molecule has 9 nitrogen and oxygen atoms in total. The standard InChI is InChI=1S/C20H25FN4O3S.C2HF3O2/c1-2-9-23-20(26)16-14-15(7-8-18(16)25-12-10-22-11-13-25)24-29(27,28)19-6-4-3-5-17(19)21;3-2(4,5)1(6)7/h3-8,14,22,24H,2,9-13H2,1H3,(H,23,26);(H,6,7). The second kappa shape index (κ2) is 12.5. The molecule has 1 fully saturated rings. The normalized spacial score (nSPS) is 13.9. The lowest BCUT2D eigenvalue weighted by Crippen LogP contribution is -2.44. The molecule has 1 saturated heterocycles. The number of piperazine rings is 1. The molecule has 1 aliphatic rings. The number of carboxylic acids is 1. The number of halogens is 4. The van der Waals surface area contributed by atoms with Crippen LogP contribution in [0.15, 0.2) is 47.4 Å². The zero-order valence-electron chi connectivity index (χ0n) is 19.2. The monoisotopic (exact) mass is 534 g/mol. The maximum Gasteiger partial charge on any atom is 0.490 e. The third-order valence-corrected chi connectivity index (χ3v) is 6.27. The number of alkyl halides is 3. The van der Waals surface area contributed by atoms with Crippen molar-refractivity contribution in [3.63, 3.8) is 0 Å². The van der Waals surface area contributed by atoms with Crippen LogP contribution in [0.4, 0.5) is 28.9 Å². The molecule has 0 spiro atoms. The average molecular weight is 535 g/mol. The molecule has 0 radical (unpaired) electrons. The molecule has 0 bridgehead atoms. The van der Waals surface area contributed by atoms with Gasteiger partial charge in [0.15, 0.2) is 0 Å². The first kappa shape index (κ1) is 28.8. The zero-order valence-corrected chi connectivity index (χ0v) is 20.0. The molecular weight excluding hydrogens is 508 g/mol. The van der Waals surface area contributed by atoms with Crippen molar-refractivity contribution in [1.29, 1.82) is 0 Å². The van der Waals surface area contributed by atoms with E-state index in [0.717, 1.165) is 44.4 Å². The molecule has 0 atom stereocenters. The van der Waals surface area contributed by atoms with Gasteiger partial charge in [0, 0.05) is 44.1 Å². The summed E-state index contributed by atoms with van der Waals surface area (Å²) in [5.41, 5.74) is 1.33. The van der Waals surface area contributed by atoms with Crippen molar-refractivity contribution in [2.75, 3.05) is 42.3 Å². The Balaban J connectivity index is 0.000000572. The molecule has 1 aliphatic heterocycles. The first-order valence-corrected chi connectivity index (χ1v) is 12.3. The van der Waals surface area contributed by atoms with E-state index in [1.54, 1.807) is 12.1 Å². The maximum absolute atomic E-state index is 13.9. The Kier molecular flexibility index (Phi) is 10.0. The Labute approximate surface area is 205 Å². The predicted octanol–water partition coefficient (Wildman–Crippen LogP) is 2.81. The molecule has 0 aliphatic carbocycles. The highest BCUT2D eigenvalue weighted by molar-refractivity contribution is 7.92.